The van der Waals surface area contributed by atoms with Crippen LogP contribution in [0.4, 0.5) is 5.95 Å². The summed E-state index contributed by atoms with van der Waals surface area (Å²) in [5, 5.41) is 3.19. The Balaban J connectivity index is 2.55. The number of hydrogen-bond acceptors (Lipinski definition) is 5. The lowest BCUT2D eigenvalue weighted by molar-refractivity contribution is 0.523. The minimum Gasteiger partial charge on any atom is -0.351 e. The van der Waals surface area contributed by atoms with E-state index in [2.05, 4.69) is 15.3 Å². The van der Waals surface area contributed by atoms with E-state index in [0.717, 1.165) is 11.0 Å². The third-order valence-electron chi connectivity index (χ3n) is 3.32. The molecule has 2 heterocycles. The van der Waals surface area contributed by atoms with Crippen LogP contribution in [0.2, 0.25) is 0 Å². The molecule has 0 aliphatic rings. The highest BCUT2D eigenvalue weighted by Gasteiger charge is 2.20. The average molecular weight is 280 g/mol. The van der Waals surface area contributed by atoms with Crippen LogP contribution in [0.5, 0.6) is 0 Å². The quantitative estimate of drug-likeness (QED) is 0.699. The molecule has 0 spiro atoms. The number of rotatable bonds is 4. The molecule has 8 heteroatoms. The number of hydrogen-bond donors (Lipinski definition) is 3. The Bertz CT molecular complexity index is 752. The lowest BCUT2D eigenvalue weighted by atomic mass is 10.0. The van der Waals surface area contributed by atoms with E-state index in [1.165, 1.54) is 11.6 Å². The van der Waals surface area contributed by atoms with Gasteiger partial charge in [0, 0.05) is 19.6 Å². The second-order valence-corrected chi connectivity index (χ2v) is 5.54. The second-order valence-electron chi connectivity index (χ2n) is 5.54. The Kier molecular flexibility index (Phi) is 3.43. The van der Waals surface area contributed by atoms with Gasteiger partial charge in [0.15, 0.2) is 11.2 Å². The summed E-state index contributed by atoms with van der Waals surface area (Å²) < 4.78 is 2.39. The molecule has 0 amide bonds. The van der Waals surface area contributed by atoms with E-state index in [4.69, 9.17) is 5.73 Å². The van der Waals surface area contributed by atoms with Crippen LogP contribution in [0.25, 0.3) is 11.2 Å². The Morgan fingerprint density at radius 2 is 1.95 bits per heavy atom. The average Bonchev–Trinajstić information content (AvgIpc) is 2.76. The molecule has 0 fully saturated rings. The number of aromatic nitrogens is 4. The van der Waals surface area contributed by atoms with Gasteiger partial charge in [-0.3, -0.25) is 13.9 Å². The molecule has 0 saturated heterocycles. The molecule has 20 heavy (non-hydrogen) atoms. The van der Waals surface area contributed by atoms with Gasteiger partial charge in [-0.1, -0.05) is 0 Å². The molecule has 0 radical (unpaired) electrons. The number of aromatic amines is 1. The van der Waals surface area contributed by atoms with Crippen molar-refractivity contribution in [3.05, 3.63) is 20.8 Å². The molecular formula is C12H20N6O2. The van der Waals surface area contributed by atoms with Crippen LogP contribution < -0.4 is 22.3 Å². The minimum atomic E-state index is -0.401. The molecule has 4 N–H and O–H groups in total. The van der Waals surface area contributed by atoms with Gasteiger partial charge in [0.1, 0.15) is 0 Å². The summed E-state index contributed by atoms with van der Waals surface area (Å²) in [6.07, 6.45) is 0.751. The maximum Gasteiger partial charge on any atom is 0.332 e. The van der Waals surface area contributed by atoms with Gasteiger partial charge in [-0.25, -0.2) is 4.79 Å². The van der Waals surface area contributed by atoms with Crippen molar-refractivity contribution in [1.82, 2.24) is 19.1 Å². The second kappa shape index (κ2) is 4.78. The van der Waals surface area contributed by atoms with Gasteiger partial charge in [-0.15, -0.1) is 0 Å². The van der Waals surface area contributed by atoms with Gasteiger partial charge in [0.05, 0.1) is 0 Å². The van der Waals surface area contributed by atoms with Crippen LogP contribution >= 0.6 is 0 Å². The van der Waals surface area contributed by atoms with E-state index in [0.29, 0.717) is 23.7 Å². The van der Waals surface area contributed by atoms with E-state index in [1.807, 2.05) is 13.8 Å². The Morgan fingerprint density at radius 3 is 2.55 bits per heavy atom. The number of fused-ring (bicyclic) bond motifs is 1. The minimum absolute atomic E-state index is 0.257. The third-order valence-corrected chi connectivity index (χ3v) is 3.32. The first-order valence-corrected chi connectivity index (χ1v) is 6.41. The van der Waals surface area contributed by atoms with Gasteiger partial charge in [0.25, 0.3) is 5.56 Å². The van der Waals surface area contributed by atoms with Crippen molar-refractivity contribution in [1.29, 1.82) is 0 Å². The molecule has 0 aromatic carbocycles. The zero-order valence-corrected chi connectivity index (χ0v) is 12.1. The molecular weight excluding hydrogens is 260 g/mol. The molecule has 0 bridgehead atoms. The van der Waals surface area contributed by atoms with E-state index in [1.54, 1.807) is 7.05 Å². The van der Waals surface area contributed by atoms with Gasteiger partial charge < -0.3 is 16.0 Å². The Labute approximate surface area is 115 Å². The van der Waals surface area contributed by atoms with E-state index in [9.17, 15) is 9.59 Å². The molecule has 0 aliphatic heterocycles. The van der Waals surface area contributed by atoms with Crippen molar-refractivity contribution in [2.45, 2.75) is 25.8 Å². The number of H-pyrrole nitrogens is 1. The Hall–Kier alpha value is -2.09. The van der Waals surface area contributed by atoms with Crippen LogP contribution in [-0.2, 0) is 14.1 Å². The number of aryl methyl sites for hydroxylation is 1. The molecule has 110 valence electrons. The fraction of sp³-hybridized carbons (Fsp3) is 0.583. The number of nitrogens with one attached hydrogen (secondary N) is 2. The topological polar surface area (TPSA) is 111 Å². The largest absolute Gasteiger partial charge is 0.351 e. The first-order chi connectivity index (χ1) is 9.26. The number of anilines is 1. The monoisotopic (exact) mass is 280 g/mol. The van der Waals surface area contributed by atoms with Crippen molar-refractivity contribution in [3.8, 4) is 0 Å². The first-order valence-electron chi connectivity index (χ1n) is 6.41. The maximum atomic E-state index is 12.0. The fourth-order valence-electron chi connectivity index (χ4n) is 2.13. The first kappa shape index (κ1) is 14.3. The predicted octanol–water partition coefficient (Wildman–Crippen LogP) is -0.500. The lowest BCUT2D eigenvalue weighted by Crippen LogP contribution is -2.36. The normalized spacial score (nSPS) is 12.1. The summed E-state index contributed by atoms with van der Waals surface area (Å²) in [6, 6.07) is 0. The zero-order chi connectivity index (χ0) is 15.1. The zero-order valence-electron chi connectivity index (χ0n) is 12.1. The third kappa shape index (κ3) is 2.34. The predicted molar refractivity (Wildman–Crippen MR) is 77.9 cm³/mol. The van der Waals surface area contributed by atoms with Crippen LogP contribution in [0.3, 0.4) is 0 Å². The highest BCUT2D eigenvalue weighted by molar-refractivity contribution is 5.72. The van der Waals surface area contributed by atoms with Crippen molar-refractivity contribution in [3.63, 3.8) is 0 Å². The smallest absolute Gasteiger partial charge is 0.332 e. The summed E-state index contributed by atoms with van der Waals surface area (Å²) in [6.45, 7) is 4.52. The summed E-state index contributed by atoms with van der Waals surface area (Å²) in [7, 11) is 3.02. The Morgan fingerprint density at radius 1 is 1.30 bits per heavy atom. The summed E-state index contributed by atoms with van der Waals surface area (Å²) >= 11 is 0. The van der Waals surface area contributed by atoms with Crippen molar-refractivity contribution in [2.75, 3.05) is 11.9 Å². The molecule has 2 rings (SSSR count). The van der Waals surface area contributed by atoms with E-state index >= 15 is 0 Å². The van der Waals surface area contributed by atoms with Gasteiger partial charge in [0.2, 0.25) is 5.95 Å². The molecule has 8 nitrogen and oxygen atoms in total. The SMILES string of the molecule is Cn1c(=O)c2[nH]c(NC(C)(C)CCN)nc2n(C)c1=O. The van der Waals surface area contributed by atoms with Crippen LogP contribution in [0.1, 0.15) is 20.3 Å². The standard InChI is InChI=1S/C12H20N6O2/c1-12(2,5-6-13)16-10-14-7-8(15-10)17(3)11(20)18(4)9(7)19/h5-6,13H2,1-4H3,(H2,14,15,16). The molecule has 0 aliphatic carbocycles. The highest BCUT2D eigenvalue weighted by Crippen LogP contribution is 2.16. The maximum absolute atomic E-state index is 12.0. The van der Waals surface area contributed by atoms with Gasteiger partial charge in [-0.05, 0) is 26.8 Å². The van der Waals surface area contributed by atoms with E-state index in [-0.39, 0.29) is 11.1 Å². The summed E-state index contributed by atoms with van der Waals surface area (Å²) in [5.41, 5.74) is 5.16. The van der Waals surface area contributed by atoms with Crippen LogP contribution in [-0.4, -0.2) is 31.2 Å². The highest BCUT2D eigenvalue weighted by atomic mass is 16.2. The van der Waals surface area contributed by atoms with E-state index < -0.39 is 5.69 Å². The fourth-order valence-corrected chi connectivity index (χ4v) is 2.13. The molecule has 2 aromatic rings. The molecule has 2 aromatic heterocycles. The molecule has 0 atom stereocenters. The lowest BCUT2D eigenvalue weighted by Gasteiger charge is -2.24. The molecule has 0 saturated carbocycles. The number of nitrogens with zero attached hydrogens (tertiary/aromatic N) is 3. The van der Waals surface area contributed by atoms with Crippen molar-refractivity contribution >= 4 is 17.1 Å². The number of nitrogens with two attached hydrogens (primary N) is 1. The molecule has 0 unspecified atom stereocenters. The number of imidazole rings is 1. The van der Waals surface area contributed by atoms with Crippen LogP contribution in [0, 0.1) is 0 Å². The summed E-state index contributed by atoms with van der Waals surface area (Å²) in [5.74, 6) is 0.455. The van der Waals surface area contributed by atoms with Gasteiger partial charge >= 0.3 is 5.69 Å². The van der Waals surface area contributed by atoms with Crippen LogP contribution in [0.15, 0.2) is 9.59 Å². The summed E-state index contributed by atoms with van der Waals surface area (Å²) in [4.78, 5) is 31.1. The van der Waals surface area contributed by atoms with Crippen molar-refractivity contribution < 1.29 is 0 Å². The van der Waals surface area contributed by atoms with Crippen molar-refractivity contribution in [2.24, 2.45) is 19.8 Å². The van der Waals surface area contributed by atoms with Gasteiger partial charge in [-0.2, -0.15) is 4.98 Å².